The summed E-state index contributed by atoms with van der Waals surface area (Å²) in [7, 11) is 0. The number of fused-ring (bicyclic) bond motifs is 2. The zero-order valence-corrected chi connectivity index (χ0v) is 16.7. The summed E-state index contributed by atoms with van der Waals surface area (Å²) < 4.78 is 0. The Morgan fingerprint density at radius 1 is 0.952 bits per heavy atom. The van der Waals surface area contributed by atoms with Gasteiger partial charge < -0.3 is 11.5 Å². The molecule has 0 spiro atoms. The Labute approximate surface area is 161 Å². The Bertz CT molecular complexity index is 549. The number of hydrogen-bond donors (Lipinski definition) is 1. The van der Waals surface area contributed by atoms with Gasteiger partial charge in [0, 0.05) is 68.2 Å². The molecule has 2 heterocycles. The molecule has 0 saturated heterocycles. The largest absolute Gasteiger partial charge is 0.670 e. The number of nitrogens with one attached hydrogen (secondary N) is 1. The first-order chi connectivity index (χ1) is 9.75. The van der Waals surface area contributed by atoms with Gasteiger partial charge in [0.25, 0.3) is 0 Å². The molecule has 0 fully saturated rings. The molecule has 2 aromatic heterocycles. The second kappa shape index (κ2) is 7.78. The number of aryl methyl sites for hydroxylation is 2. The molecule has 2 aliphatic rings. The number of nitrogens with zero attached hydrogens (tertiary/aromatic N) is 2. The summed E-state index contributed by atoms with van der Waals surface area (Å²) in [4.78, 5) is 8.37. The standard InChI is InChI=1S/C8H10N2.C8H9N2.Ac/c2*9-7-4-3-6-2-1-5-10-8(6)7;/h1-2,5,7H,3-4,9H2;1-2,5,7,9H,3-4H2;/q;-1;/t2*7-;/m01./s1. The molecule has 2 aromatic rings. The summed E-state index contributed by atoms with van der Waals surface area (Å²) in [6, 6.07) is 8.22. The third-order valence-corrected chi connectivity index (χ3v) is 3.96. The normalized spacial score (nSPS) is 21.6. The predicted molar refractivity (Wildman–Crippen MR) is 79.1 cm³/mol. The van der Waals surface area contributed by atoms with Crippen LogP contribution in [0, 0.1) is 44.1 Å². The van der Waals surface area contributed by atoms with Crippen molar-refractivity contribution in [3.8, 4) is 0 Å². The van der Waals surface area contributed by atoms with Crippen molar-refractivity contribution in [2.75, 3.05) is 0 Å². The van der Waals surface area contributed by atoms with E-state index in [0.717, 1.165) is 37.1 Å². The van der Waals surface area contributed by atoms with Crippen molar-refractivity contribution in [2.24, 2.45) is 5.73 Å². The number of pyridine rings is 2. The van der Waals surface area contributed by atoms with Crippen LogP contribution in [0.3, 0.4) is 0 Å². The van der Waals surface area contributed by atoms with Crippen molar-refractivity contribution in [1.29, 1.82) is 0 Å². The number of hydrogen-bond acceptors (Lipinski definition) is 3. The van der Waals surface area contributed by atoms with E-state index < -0.39 is 0 Å². The molecule has 21 heavy (non-hydrogen) atoms. The fourth-order valence-corrected chi connectivity index (χ4v) is 2.86. The molecular formula is C16H19AcN4-. The summed E-state index contributed by atoms with van der Waals surface area (Å²) in [6.07, 6.45) is 7.73. The smallest absolute Gasteiger partial charge is 0.0602 e. The molecule has 0 saturated carbocycles. The van der Waals surface area contributed by atoms with Gasteiger partial charge in [-0.3, -0.25) is 9.97 Å². The van der Waals surface area contributed by atoms with Gasteiger partial charge in [-0.05, 0) is 42.5 Å². The van der Waals surface area contributed by atoms with Crippen LogP contribution in [-0.4, -0.2) is 9.97 Å². The van der Waals surface area contributed by atoms with Crippen molar-refractivity contribution in [1.82, 2.24) is 9.97 Å². The monoisotopic (exact) mass is 494 g/mol. The van der Waals surface area contributed by atoms with Crippen LogP contribution in [0.15, 0.2) is 36.7 Å². The quantitative estimate of drug-likeness (QED) is 0.612. The van der Waals surface area contributed by atoms with E-state index in [0.29, 0.717) is 0 Å². The first-order valence-corrected chi connectivity index (χ1v) is 7.10. The zero-order valence-electron chi connectivity index (χ0n) is 12.0. The minimum atomic E-state index is -0.0591. The van der Waals surface area contributed by atoms with Gasteiger partial charge in [-0.15, -0.1) is 0 Å². The molecule has 4 nitrogen and oxygen atoms in total. The molecule has 0 bridgehead atoms. The van der Waals surface area contributed by atoms with Gasteiger partial charge in [-0.2, -0.15) is 0 Å². The maximum Gasteiger partial charge on any atom is 0.0602 e. The Morgan fingerprint density at radius 2 is 1.52 bits per heavy atom. The van der Waals surface area contributed by atoms with Crippen molar-refractivity contribution in [3.63, 3.8) is 0 Å². The van der Waals surface area contributed by atoms with Crippen LogP contribution in [0.1, 0.15) is 47.4 Å². The Kier molecular flexibility index (Phi) is 6.31. The van der Waals surface area contributed by atoms with E-state index in [9.17, 15) is 0 Å². The third-order valence-electron chi connectivity index (χ3n) is 3.96. The molecule has 107 valence electrons. The SMILES string of the molecule is N[C@H]1CCc2cccnc21.[Ac].[NH-][C@@H]1CCc2cccnc21. The van der Waals surface area contributed by atoms with Crippen LogP contribution < -0.4 is 5.73 Å². The fraction of sp³-hybridized carbons (Fsp3) is 0.375. The van der Waals surface area contributed by atoms with Crippen LogP contribution in [0.4, 0.5) is 0 Å². The molecule has 2 atom stereocenters. The molecule has 0 unspecified atom stereocenters. The summed E-state index contributed by atoms with van der Waals surface area (Å²) in [6.45, 7) is 0. The number of nitrogens with two attached hydrogens (primary N) is 1. The van der Waals surface area contributed by atoms with Crippen molar-refractivity contribution in [3.05, 3.63) is 64.9 Å². The first-order valence-electron chi connectivity index (χ1n) is 7.10. The van der Waals surface area contributed by atoms with E-state index in [1.165, 1.54) is 11.1 Å². The molecule has 0 amide bonds. The van der Waals surface area contributed by atoms with Crippen molar-refractivity contribution < 1.29 is 44.1 Å². The van der Waals surface area contributed by atoms with E-state index in [1.54, 1.807) is 6.20 Å². The topological polar surface area (TPSA) is 75.6 Å². The Balaban J connectivity index is 0.000000147. The molecule has 0 aromatic carbocycles. The number of aromatic nitrogens is 2. The average molecular weight is 494 g/mol. The summed E-state index contributed by atoms with van der Waals surface area (Å²) in [5, 5.41) is 0. The van der Waals surface area contributed by atoms with E-state index in [2.05, 4.69) is 22.1 Å². The Morgan fingerprint density at radius 3 is 2.14 bits per heavy atom. The van der Waals surface area contributed by atoms with Gasteiger partial charge in [-0.25, -0.2) is 0 Å². The molecular weight excluding hydrogens is 475 g/mol. The van der Waals surface area contributed by atoms with E-state index >= 15 is 0 Å². The minimum Gasteiger partial charge on any atom is -0.670 e. The maximum absolute atomic E-state index is 7.55. The second-order valence-corrected chi connectivity index (χ2v) is 5.33. The van der Waals surface area contributed by atoms with Gasteiger partial charge in [0.15, 0.2) is 0 Å². The number of rotatable bonds is 0. The molecule has 1 radical (unpaired) electrons. The summed E-state index contributed by atoms with van der Waals surface area (Å²) >= 11 is 0. The second-order valence-electron chi connectivity index (χ2n) is 5.33. The Hall–Kier alpha value is -0.338. The molecule has 0 aliphatic heterocycles. The van der Waals surface area contributed by atoms with Gasteiger partial charge in [0.2, 0.25) is 0 Å². The van der Waals surface area contributed by atoms with Crippen LogP contribution in [0.5, 0.6) is 0 Å². The fourth-order valence-electron chi connectivity index (χ4n) is 2.86. The molecule has 4 rings (SSSR count). The third kappa shape index (κ3) is 3.90. The van der Waals surface area contributed by atoms with Gasteiger partial charge in [-0.1, -0.05) is 24.6 Å². The van der Waals surface area contributed by atoms with Gasteiger partial charge >= 0.3 is 0 Å². The van der Waals surface area contributed by atoms with Crippen molar-refractivity contribution >= 4 is 0 Å². The van der Waals surface area contributed by atoms with Crippen LogP contribution >= 0.6 is 0 Å². The van der Waals surface area contributed by atoms with Crippen LogP contribution in [-0.2, 0) is 12.8 Å². The maximum atomic E-state index is 7.55. The van der Waals surface area contributed by atoms with Gasteiger partial charge in [0.05, 0.1) is 5.69 Å². The molecule has 5 heteroatoms. The molecule has 2 aliphatic carbocycles. The molecule has 3 N–H and O–H groups in total. The van der Waals surface area contributed by atoms with E-state index in [4.69, 9.17) is 11.5 Å². The van der Waals surface area contributed by atoms with Crippen molar-refractivity contribution in [2.45, 2.75) is 37.8 Å². The summed E-state index contributed by atoms with van der Waals surface area (Å²) in [5.74, 6) is 0. The van der Waals surface area contributed by atoms with E-state index in [-0.39, 0.29) is 56.1 Å². The first kappa shape index (κ1) is 17.0. The minimum absolute atomic E-state index is 0. The zero-order chi connectivity index (χ0) is 13.9. The van der Waals surface area contributed by atoms with Crippen LogP contribution in [0.2, 0.25) is 0 Å². The van der Waals surface area contributed by atoms with Gasteiger partial charge in [0.1, 0.15) is 0 Å². The predicted octanol–water partition coefficient (Wildman–Crippen LogP) is 3.15. The van der Waals surface area contributed by atoms with Crippen LogP contribution in [0.25, 0.3) is 5.73 Å². The summed E-state index contributed by atoms with van der Waals surface area (Å²) in [5.41, 5.74) is 18.0. The van der Waals surface area contributed by atoms with E-state index in [1.807, 2.05) is 18.3 Å². The average Bonchev–Trinajstić information content (AvgIpc) is 3.05.